The fraction of sp³-hybridized carbons (Fsp3) is 0.609. The van der Waals surface area contributed by atoms with Gasteiger partial charge in [-0.05, 0) is 37.5 Å². The van der Waals surface area contributed by atoms with Crippen LogP contribution in [-0.4, -0.2) is 61.0 Å². The number of aromatic nitrogens is 1. The van der Waals surface area contributed by atoms with Gasteiger partial charge in [0.15, 0.2) is 0 Å². The SMILES string of the molecule is O=C(C1CCOCC1)N1CCC(Oc2cccc3c2ccn3C2CCOC2)CC1. The van der Waals surface area contributed by atoms with Crippen molar-refractivity contribution in [2.75, 3.05) is 39.5 Å². The Morgan fingerprint density at radius 1 is 0.966 bits per heavy atom. The molecule has 1 unspecified atom stereocenters. The molecule has 1 atom stereocenters. The molecule has 0 bridgehead atoms. The number of benzene rings is 1. The third-order valence-electron chi connectivity index (χ3n) is 6.64. The first-order valence-electron chi connectivity index (χ1n) is 11.0. The van der Waals surface area contributed by atoms with Crippen LogP contribution in [0.2, 0.25) is 0 Å². The molecule has 2 aromatic rings. The number of nitrogens with zero attached hydrogens (tertiary/aromatic N) is 2. The van der Waals surface area contributed by atoms with Gasteiger partial charge in [-0.2, -0.15) is 0 Å². The monoisotopic (exact) mass is 398 g/mol. The van der Waals surface area contributed by atoms with Crippen LogP contribution in [0.15, 0.2) is 30.5 Å². The molecule has 1 amide bonds. The third kappa shape index (κ3) is 3.88. The molecule has 3 fully saturated rings. The average molecular weight is 399 g/mol. The summed E-state index contributed by atoms with van der Waals surface area (Å²) in [6.07, 6.45) is 6.89. The van der Waals surface area contributed by atoms with Crippen molar-refractivity contribution in [3.8, 4) is 5.75 Å². The summed E-state index contributed by atoms with van der Waals surface area (Å²) in [5.41, 5.74) is 1.21. The van der Waals surface area contributed by atoms with Crippen LogP contribution in [0, 0.1) is 5.92 Å². The van der Waals surface area contributed by atoms with E-state index in [9.17, 15) is 4.79 Å². The van der Waals surface area contributed by atoms with E-state index in [0.29, 0.717) is 25.2 Å². The molecule has 0 saturated carbocycles. The standard InChI is InChI=1S/C23H30N2O4/c26-23(17-7-13-27-14-8-17)24-10-4-19(5-11-24)29-22-3-1-2-21-20(22)6-12-25(21)18-9-15-28-16-18/h1-3,6,12,17-19H,4-5,7-11,13-16H2. The Labute approximate surface area is 171 Å². The molecule has 4 heterocycles. The molecule has 1 aromatic carbocycles. The van der Waals surface area contributed by atoms with Crippen LogP contribution in [0.5, 0.6) is 5.75 Å². The van der Waals surface area contributed by atoms with Crippen molar-refractivity contribution in [1.82, 2.24) is 9.47 Å². The number of piperidine rings is 1. The van der Waals surface area contributed by atoms with Gasteiger partial charge in [-0.25, -0.2) is 0 Å². The maximum Gasteiger partial charge on any atom is 0.225 e. The van der Waals surface area contributed by atoms with Crippen molar-refractivity contribution >= 4 is 16.8 Å². The van der Waals surface area contributed by atoms with E-state index in [2.05, 4.69) is 35.0 Å². The summed E-state index contributed by atoms with van der Waals surface area (Å²) in [6, 6.07) is 8.88. The Morgan fingerprint density at radius 3 is 2.52 bits per heavy atom. The number of amides is 1. The number of ether oxygens (including phenoxy) is 3. The average Bonchev–Trinajstić information content (AvgIpc) is 3.44. The van der Waals surface area contributed by atoms with Gasteiger partial charge in [-0.3, -0.25) is 4.79 Å². The van der Waals surface area contributed by atoms with Crippen molar-refractivity contribution in [2.24, 2.45) is 5.92 Å². The predicted octanol–water partition coefficient (Wildman–Crippen LogP) is 3.40. The first kappa shape index (κ1) is 18.9. The van der Waals surface area contributed by atoms with Crippen molar-refractivity contribution < 1.29 is 19.0 Å². The van der Waals surface area contributed by atoms with E-state index in [0.717, 1.165) is 64.2 Å². The van der Waals surface area contributed by atoms with E-state index in [1.54, 1.807) is 0 Å². The molecule has 6 heteroatoms. The summed E-state index contributed by atoms with van der Waals surface area (Å²) in [6.45, 7) is 4.63. The normalized spacial score (nSPS) is 24.3. The number of likely N-dealkylation sites (tertiary alicyclic amines) is 1. The lowest BCUT2D eigenvalue weighted by molar-refractivity contribution is -0.140. The topological polar surface area (TPSA) is 52.9 Å². The van der Waals surface area contributed by atoms with Crippen LogP contribution in [-0.2, 0) is 14.3 Å². The van der Waals surface area contributed by atoms with Gasteiger partial charge in [0, 0.05) is 63.3 Å². The molecule has 0 N–H and O–H groups in total. The Bertz CT molecular complexity index is 844. The van der Waals surface area contributed by atoms with Crippen LogP contribution < -0.4 is 4.74 Å². The smallest absolute Gasteiger partial charge is 0.225 e. The van der Waals surface area contributed by atoms with E-state index >= 15 is 0 Å². The highest BCUT2D eigenvalue weighted by molar-refractivity contribution is 5.86. The van der Waals surface area contributed by atoms with Crippen molar-refractivity contribution in [3.05, 3.63) is 30.5 Å². The molecule has 5 rings (SSSR count). The van der Waals surface area contributed by atoms with E-state index in [-0.39, 0.29) is 12.0 Å². The van der Waals surface area contributed by atoms with E-state index in [1.807, 2.05) is 4.90 Å². The minimum Gasteiger partial charge on any atom is -0.490 e. The first-order chi connectivity index (χ1) is 14.3. The van der Waals surface area contributed by atoms with E-state index in [1.165, 1.54) is 10.9 Å². The lowest BCUT2D eigenvalue weighted by Gasteiger charge is -2.35. The number of fused-ring (bicyclic) bond motifs is 1. The van der Waals surface area contributed by atoms with Crippen molar-refractivity contribution in [3.63, 3.8) is 0 Å². The van der Waals surface area contributed by atoms with Gasteiger partial charge in [-0.1, -0.05) is 6.07 Å². The summed E-state index contributed by atoms with van der Waals surface area (Å²) in [5, 5.41) is 1.17. The van der Waals surface area contributed by atoms with Crippen LogP contribution in [0.25, 0.3) is 10.9 Å². The van der Waals surface area contributed by atoms with Crippen molar-refractivity contribution in [1.29, 1.82) is 0 Å². The summed E-state index contributed by atoms with van der Waals surface area (Å²) < 4.78 is 19.7. The molecule has 3 aliphatic heterocycles. The van der Waals surface area contributed by atoms with Crippen LogP contribution in [0.4, 0.5) is 0 Å². The minimum absolute atomic E-state index is 0.147. The number of rotatable bonds is 4. The summed E-state index contributed by atoms with van der Waals surface area (Å²) in [5.74, 6) is 1.41. The molecular weight excluding hydrogens is 368 g/mol. The molecule has 29 heavy (non-hydrogen) atoms. The zero-order chi connectivity index (χ0) is 19.6. The molecule has 6 nitrogen and oxygen atoms in total. The van der Waals surface area contributed by atoms with Gasteiger partial charge in [0.25, 0.3) is 0 Å². The Balaban J connectivity index is 1.22. The second-order valence-electron chi connectivity index (χ2n) is 8.46. The van der Waals surface area contributed by atoms with E-state index in [4.69, 9.17) is 14.2 Å². The first-order valence-corrected chi connectivity index (χ1v) is 11.0. The quantitative estimate of drug-likeness (QED) is 0.792. The largest absolute Gasteiger partial charge is 0.490 e. The van der Waals surface area contributed by atoms with Gasteiger partial charge in [0.2, 0.25) is 5.91 Å². The highest BCUT2D eigenvalue weighted by Crippen LogP contribution is 2.32. The molecule has 0 spiro atoms. The Morgan fingerprint density at radius 2 is 1.76 bits per heavy atom. The lowest BCUT2D eigenvalue weighted by atomic mass is 9.97. The molecule has 0 radical (unpaired) electrons. The molecular formula is C23H30N2O4. The van der Waals surface area contributed by atoms with Crippen molar-refractivity contribution in [2.45, 2.75) is 44.2 Å². The summed E-state index contributed by atoms with van der Waals surface area (Å²) in [4.78, 5) is 14.8. The molecule has 1 aromatic heterocycles. The van der Waals surface area contributed by atoms with Gasteiger partial charge in [0.05, 0.1) is 18.2 Å². The second kappa shape index (κ2) is 8.36. The fourth-order valence-electron chi connectivity index (χ4n) is 4.90. The van der Waals surface area contributed by atoms with Crippen LogP contribution in [0.1, 0.15) is 38.1 Å². The number of hydrogen-bond donors (Lipinski definition) is 0. The molecule has 0 aliphatic carbocycles. The highest BCUT2D eigenvalue weighted by Gasteiger charge is 2.30. The minimum atomic E-state index is 0.147. The number of hydrogen-bond acceptors (Lipinski definition) is 4. The van der Waals surface area contributed by atoms with Gasteiger partial charge in [-0.15, -0.1) is 0 Å². The Hall–Kier alpha value is -2.05. The number of carbonyl (C=O) groups is 1. The molecule has 3 aliphatic rings. The highest BCUT2D eigenvalue weighted by atomic mass is 16.5. The van der Waals surface area contributed by atoms with Gasteiger partial charge < -0.3 is 23.7 Å². The zero-order valence-corrected chi connectivity index (χ0v) is 16.9. The predicted molar refractivity (Wildman–Crippen MR) is 110 cm³/mol. The summed E-state index contributed by atoms with van der Waals surface area (Å²) in [7, 11) is 0. The maximum absolute atomic E-state index is 12.7. The lowest BCUT2D eigenvalue weighted by Crippen LogP contribution is -2.45. The van der Waals surface area contributed by atoms with Gasteiger partial charge >= 0.3 is 0 Å². The molecule has 156 valence electrons. The maximum atomic E-state index is 12.7. The fourth-order valence-corrected chi connectivity index (χ4v) is 4.90. The number of carbonyl (C=O) groups excluding carboxylic acids is 1. The third-order valence-corrected chi connectivity index (χ3v) is 6.64. The van der Waals surface area contributed by atoms with Gasteiger partial charge in [0.1, 0.15) is 11.9 Å². The summed E-state index contributed by atoms with van der Waals surface area (Å²) >= 11 is 0. The van der Waals surface area contributed by atoms with Crippen LogP contribution >= 0.6 is 0 Å². The van der Waals surface area contributed by atoms with E-state index < -0.39 is 0 Å². The Kier molecular flexibility index (Phi) is 5.46. The second-order valence-corrected chi connectivity index (χ2v) is 8.46. The van der Waals surface area contributed by atoms with Crippen LogP contribution in [0.3, 0.4) is 0 Å². The zero-order valence-electron chi connectivity index (χ0n) is 16.9. The molecule has 3 saturated heterocycles.